The molecular formula is C38H74O8Si5. The lowest BCUT2D eigenvalue weighted by atomic mass is 9.88. The smallest absolute Gasteiger partial charge is 0.327 e. The Hall–Kier alpha value is 0.764. The number of epoxide rings is 2. The normalized spacial score (nSPS) is 35.6. The minimum absolute atomic E-state index is 0.490. The molecular weight excluding hydrogens is 725 g/mol. The second-order valence-electron chi connectivity index (χ2n) is 19.0. The third-order valence-corrected chi connectivity index (χ3v) is 37.5. The predicted octanol–water partition coefficient (Wildman–Crippen LogP) is 10.5. The summed E-state index contributed by atoms with van der Waals surface area (Å²) in [4.78, 5) is 0. The average molecular weight is 799 g/mol. The molecule has 0 aromatic carbocycles. The molecule has 5 saturated carbocycles. The van der Waals surface area contributed by atoms with Crippen molar-refractivity contribution in [2.45, 2.75) is 214 Å². The summed E-state index contributed by atoms with van der Waals surface area (Å²) >= 11 is 0. The Morgan fingerprint density at radius 3 is 1.33 bits per heavy atom. The Kier molecular flexibility index (Phi) is 12.8. The molecule has 9 unspecified atom stereocenters. The quantitative estimate of drug-likeness (QED) is 0.0944. The number of hydrogen-bond donors (Lipinski definition) is 0. The van der Waals surface area contributed by atoms with Crippen LogP contribution in [-0.2, 0) is 34.8 Å². The van der Waals surface area contributed by atoms with Crippen molar-refractivity contribution in [3.05, 3.63) is 0 Å². The first-order valence-corrected chi connectivity index (χ1v) is 33.8. The monoisotopic (exact) mass is 798 g/mol. The summed E-state index contributed by atoms with van der Waals surface area (Å²) in [5.74, 6) is 1.46. The van der Waals surface area contributed by atoms with Crippen LogP contribution in [0.1, 0.15) is 128 Å². The van der Waals surface area contributed by atoms with Crippen molar-refractivity contribution < 1.29 is 34.8 Å². The van der Waals surface area contributed by atoms with E-state index in [1.165, 1.54) is 128 Å². The highest BCUT2D eigenvalue weighted by Gasteiger charge is 2.61. The van der Waals surface area contributed by atoms with Gasteiger partial charge in [0.25, 0.3) is 0 Å². The van der Waals surface area contributed by atoms with Crippen LogP contribution in [0.2, 0.25) is 61.4 Å². The van der Waals surface area contributed by atoms with E-state index >= 15 is 0 Å². The molecule has 8 nitrogen and oxygen atoms in total. The second kappa shape index (κ2) is 16.3. The van der Waals surface area contributed by atoms with Gasteiger partial charge >= 0.3 is 42.8 Å². The molecule has 2 heterocycles. The van der Waals surface area contributed by atoms with Crippen LogP contribution in [0.4, 0.5) is 0 Å². The second-order valence-corrected chi connectivity index (χ2v) is 37.4. The first kappa shape index (κ1) is 40.0. The Labute approximate surface area is 316 Å². The summed E-state index contributed by atoms with van der Waals surface area (Å²) in [5.41, 5.74) is 1.54. The Morgan fingerprint density at radius 1 is 0.471 bits per heavy atom. The molecule has 0 aromatic rings. The van der Waals surface area contributed by atoms with Crippen LogP contribution in [0, 0.1) is 11.8 Å². The molecule has 0 aromatic heterocycles. The van der Waals surface area contributed by atoms with E-state index in [2.05, 4.69) is 32.7 Å². The Balaban J connectivity index is 1.11. The fraction of sp³-hybridized carbons (Fsp3) is 1.00. The van der Waals surface area contributed by atoms with Crippen LogP contribution in [0.15, 0.2) is 0 Å². The van der Waals surface area contributed by atoms with Gasteiger partial charge in [-0.3, -0.25) is 0 Å². The molecule has 51 heavy (non-hydrogen) atoms. The third-order valence-electron chi connectivity index (χ3n) is 14.7. The Morgan fingerprint density at radius 2 is 0.902 bits per heavy atom. The van der Waals surface area contributed by atoms with Crippen molar-refractivity contribution in [3.63, 3.8) is 0 Å². The summed E-state index contributed by atoms with van der Waals surface area (Å²) < 4.78 is 55.9. The van der Waals surface area contributed by atoms with E-state index in [1.807, 2.05) is 14.2 Å². The fourth-order valence-corrected chi connectivity index (χ4v) is 38.5. The zero-order valence-electron chi connectivity index (χ0n) is 33.5. The molecule has 0 amide bonds. The standard InChI is InChI=1S/C38H74O8Si5/c1-39-48(5,26-24-30-20-22-35-37(28-30)41-35)45-50(7,32-14-8-9-15-32)43-47(3,4)44-51(33-16-10-11-17-33,34-18-12-13-19-34)46-49(6,40-2)27-25-31-21-23-36-38(29-31)42-36/h30-38H,8-29H2,1-7H3. The lowest BCUT2D eigenvalue weighted by Crippen LogP contribution is -2.65. The van der Waals surface area contributed by atoms with Gasteiger partial charge in [-0.1, -0.05) is 38.5 Å². The third kappa shape index (κ3) is 9.66. The van der Waals surface area contributed by atoms with E-state index in [-0.39, 0.29) is 0 Å². The van der Waals surface area contributed by atoms with E-state index in [4.69, 9.17) is 34.8 Å². The minimum atomic E-state index is -2.78. The van der Waals surface area contributed by atoms with Crippen molar-refractivity contribution in [2.24, 2.45) is 11.8 Å². The van der Waals surface area contributed by atoms with Crippen LogP contribution >= 0.6 is 0 Å². The van der Waals surface area contributed by atoms with E-state index in [9.17, 15) is 0 Å². The molecule has 9 atom stereocenters. The van der Waals surface area contributed by atoms with Crippen molar-refractivity contribution in [2.75, 3.05) is 14.2 Å². The average Bonchev–Trinajstić information content (AvgIpc) is 3.67. The van der Waals surface area contributed by atoms with E-state index in [0.717, 1.165) is 23.9 Å². The van der Waals surface area contributed by atoms with Crippen molar-refractivity contribution in [3.8, 4) is 0 Å². The van der Waals surface area contributed by atoms with Crippen LogP contribution in [-0.4, -0.2) is 81.4 Å². The lowest BCUT2D eigenvalue weighted by Gasteiger charge is -2.50. The molecule has 13 heteroatoms. The van der Waals surface area contributed by atoms with Gasteiger partial charge in [-0.05, 0) is 147 Å². The highest BCUT2D eigenvalue weighted by molar-refractivity contribution is 6.91. The molecule has 2 saturated heterocycles. The van der Waals surface area contributed by atoms with E-state index in [1.54, 1.807) is 0 Å². The first-order chi connectivity index (χ1) is 24.4. The molecule has 7 rings (SSSR count). The number of hydrogen-bond acceptors (Lipinski definition) is 8. The van der Waals surface area contributed by atoms with Gasteiger partial charge in [0, 0.05) is 30.8 Å². The number of ether oxygens (including phenoxy) is 2. The van der Waals surface area contributed by atoms with Crippen molar-refractivity contribution in [1.82, 2.24) is 0 Å². The number of fused-ring (bicyclic) bond motifs is 2. The maximum absolute atomic E-state index is 7.97. The number of rotatable bonds is 19. The first-order valence-electron chi connectivity index (χ1n) is 21.6. The van der Waals surface area contributed by atoms with Gasteiger partial charge in [-0.15, -0.1) is 0 Å². The largest absolute Gasteiger partial charge is 0.416 e. The fourth-order valence-electron chi connectivity index (χ4n) is 11.5. The zero-order chi connectivity index (χ0) is 35.9. The maximum Gasteiger partial charge on any atom is 0.327 e. The molecule has 0 bridgehead atoms. The van der Waals surface area contributed by atoms with Crippen LogP contribution in [0.5, 0.6) is 0 Å². The highest BCUT2D eigenvalue weighted by Crippen LogP contribution is 2.54. The molecule has 0 N–H and O–H groups in total. The van der Waals surface area contributed by atoms with Gasteiger partial charge in [0.05, 0.1) is 24.4 Å². The summed E-state index contributed by atoms with van der Waals surface area (Å²) in [6.07, 6.45) is 27.1. The predicted molar refractivity (Wildman–Crippen MR) is 214 cm³/mol. The molecule has 5 aliphatic carbocycles. The van der Waals surface area contributed by atoms with Crippen LogP contribution in [0.3, 0.4) is 0 Å². The molecule has 0 radical (unpaired) electrons. The molecule has 294 valence electrons. The zero-order valence-corrected chi connectivity index (χ0v) is 38.5. The minimum Gasteiger partial charge on any atom is -0.416 e. The summed E-state index contributed by atoms with van der Waals surface area (Å²) in [5, 5.41) is 0. The van der Waals surface area contributed by atoms with Crippen LogP contribution in [0.25, 0.3) is 0 Å². The topological polar surface area (TPSA) is 80.4 Å². The van der Waals surface area contributed by atoms with Gasteiger partial charge in [0.15, 0.2) is 0 Å². The van der Waals surface area contributed by atoms with Gasteiger partial charge in [0.2, 0.25) is 0 Å². The molecule has 7 aliphatic rings. The SMILES string of the molecule is CO[Si](C)(CCC1CCC2OC2C1)O[Si](C)(O[Si](C)(C)O[Si](O[Si](C)(CCC1CCC2OC2C1)OC)(C1CCCC1)C1CCCC1)C1CCCC1. The summed E-state index contributed by atoms with van der Waals surface area (Å²) in [6.45, 7) is 11.8. The summed E-state index contributed by atoms with van der Waals surface area (Å²) in [7, 11) is -9.39. The summed E-state index contributed by atoms with van der Waals surface area (Å²) in [6, 6.07) is 2.08. The maximum atomic E-state index is 7.97. The highest BCUT2D eigenvalue weighted by atomic mass is 28.5. The van der Waals surface area contributed by atoms with Crippen molar-refractivity contribution >= 4 is 42.8 Å². The van der Waals surface area contributed by atoms with Gasteiger partial charge in [-0.2, -0.15) is 0 Å². The Bertz CT molecular complexity index is 1140. The molecule has 2 aliphatic heterocycles. The lowest BCUT2D eigenvalue weighted by molar-refractivity contribution is 0.212. The van der Waals surface area contributed by atoms with Crippen LogP contribution < -0.4 is 0 Å². The van der Waals surface area contributed by atoms with Crippen molar-refractivity contribution in [1.29, 1.82) is 0 Å². The van der Waals surface area contributed by atoms with E-state index in [0.29, 0.717) is 41.0 Å². The van der Waals surface area contributed by atoms with E-state index < -0.39 is 42.8 Å². The van der Waals surface area contributed by atoms with Gasteiger partial charge < -0.3 is 34.8 Å². The molecule has 7 fully saturated rings. The van der Waals surface area contributed by atoms with Gasteiger partial charge in [0.1, 0.15) is 0 Å². The van der Waals surface area contributed by atoms with Gasteiger partial charge in [-0.25, -0.2) is 0 Å². The molecule has 0 spiro atoms.